The Morgan fingerprint density at radius 3 is 1.27 bits per heavy atom. The van der Waals surface area contributed by atoms with E-state index in [1.807, 2.05) is 60.7 Å². The second-order valence-corrected chi connectivity index (χ2v) is 12.5. The molecule has 0 aliphatic carbocycles. The Bertz CT molecular complexity index is 1840. The summed E-state index contributed by atoms with van der Waals surface area (Å²) in [5.41, 5.74) is 3.35. The minimum absolute atomic E-state index is 0.0440. The van der Waals surface area contributed by atoms with E-state index in [-0.39, 0.29) is 29.9 Å². The van der Waals surface area contributed by atoms with Crippen LogP contribution in [0.25, 0.3) is 0 Å². The SMILES string of the molecule is O=Cc1ccccc1C(=O)Cl.O=Cc1ccccc1C(=O)O.O=Cc1ccccc1C(=O)OCc1ccccc1.O=S(Cl)Cl.OCc1ccccc1. The van der Waals surface area contributed by atoms with Gasteiger partial charge in [0.15, 0.2) is 18.9 Å². The number of hydrogen-bond acceptors (Lipinski definition) is 9. The summed E-state index contributed by atoms with van der Waals surface area (Å²) in [7, 11) is 7.36. The first-order chi connectivity index (χ1) is 25.0. The molecule has 0 radical (unpaired) electrons. The zero-order chi connectivity index (χ0) is 38.7. The molecule has 0 aromatic heterocycles. The van der Waals surface area contributed by atoms with Gasteiger partial charge in [-0.05, 0) is 40.9 Å². The molecule has 0 saturated heterocycles. The Hall–Kier alpha value is -5.30. The first kappa shape index (κ1) is 44.7. The first-order valence-corrected chi connectivity index (χ1v) is 17.8. The Balaban J connectivity index is 0.000000348. The molecule has 0 bridgehead atoms. The highest BCUT2D eigenvalue weighted by atomic mass is 36.0. The summed E-state index contributed by atoms with van der Waals surface area (Å²) in [5.74, 6) is -1.56. The number of carboxylic acid groups (broad SMARTS) is 1. The number of rotatable bonds is 9. The standard InChI is InChI=1S/C15H12O3.C8H5ClO2.C8H6O3.C7H8O.Cl2OS/c16-10-13-8-4-5-9-14(13)15(17)18-11-12-6-2-1-3-7-12;9-8(11)7-4-2-1-3-6(7)5-10;9-5-6-3-1-2-4-7(6)8(10)11;8-6-7-4-2-1-3-5-7;1-4(2)3/h1-10H,11H2;1-5H;1-5H,(H,10,11);1-5,8H,6H2;. The molecule has 0 fully saturated rings. The molecule has 0 heterocycles. The Labute approximate surface area is 316 Å². The summed E-state index contributed by atoms with van der Waals surface area (Å²) in [6.07, 6.45) is 1.79. The zero-order valence-corrected chi connectivity index (χ0v) is 30.1. The van der Waals surface area contributed by atoms with Gasteiger partial charge in [-0.2, -0.15) is 0 Å². The second-order valence-electron chi connectivity index (χ2n) is 9.58. The number of aliphatic hydroxyl groups is 1. The lowest BCUT2D eigenvalue weighted by Gasteiger charge is -2.06. The van der Waals surface area contributed by atoms with E-state index in [0.29, 0.717) is 35.5 Å². The number of ether oxygens (including phenoxy) is 1. The molecule has 0 atom stereocenters. The second kappa shape index (κ2) is 26.5. The van der Waals surface area contributed by atoms with Gasteiger partial charge in [0.25, 0.3) is 5.24 Å². The fourth-order valence-electron chi connectivity index (χ4n) is 3.74. The van der Waals surface area contributed by atoms with Gasteiger partial charge >= 0.3 is 11.9 Å². The number of benzene rings is 5. The Morgan fingerprint density at radius 1 is 0.577 bits per heavy atom. The van der Waals surface area contributed by atoms with Crippen LogP contribution >= 0.6 is 33.0 Å². The lowest BCUT2D eigenvalue weighted by Crippen LogP contribution is -2.08. The molecule has 10 nitrogen and oxygen atoms in total. The number of aldehydes is 3. The highest BCUT2D eigenvalue weighted by Gasteiger charge is 2.11. The third-order valence-corrected chi connectivity index (χ3v) is 6.37. The molecule has 14 heteroatoms. The molecule has 0 unspecified atom stereocenters. The maximum Gasteiger partial charge on any atom is 0.339 e. The fraction of sp³-hybridized carbons (Fsp3) is 0.0526. The molecule has 0 aliphatic rings. The quantitative estimate of drug-likeness (QED) is 0.0845. The molecule has 0 spiro atoms. The van der Waals surface area contributed by atoms with Crippen LogP contribution in [0.3, 0.4) is 0 Å². The van der Waals surface area contributed by atoms with E-state index in [9.17, 15) is 28.8 Å². The molecule has 0 saturated carbocycles. The molecule has 5 aromatic carbocycles. The lowest BCUT2D eigenvalue weighted by molar-refractivity contribution is 0.0470. The summed E-state index contributed by atoms with van der Waals surface area (Å²) in [6.45, 7) is 0.341. The van der Waals surface area contributed by atoms with Gasteiger partial charge in [0.2, 0.25) is 9.23 Å². The number of hydrogen-bond donors (Lipinski definition) is 2. The number of carbonyl (C=O) groups excluding carboxylic acids is 5. The van der Waals surface area contributed by atoms with Crippen LogP contribution in [0.4, 0.5) is 0 Å². The molecule has 5 rings (SSSR count). The molecule has 270 valence electrons. The van der Waals surface area contributed by atoms with Crippen molar-refractivity contribution in [2.45, 2.75) is 13.2 Å². The largest absolute Gasteiger partial charge is 0.478 e. The normalized spacial score (nSPS) is 9.33. The van der Waals surface area contributed by atoms with Gasteiger partial charge < -0.3 is 14.9 Å². The van der Waals surface area contributed by atoms with Gasteiger partial charge in [-0.15, -0.1) is 0 Å². The van der Waals surface area contributed by atoms with Crippen LogP contribution in [0.2, 0.25) is 0 Å². The van der Waals surface area contributed by atoms with Crippen molar-refractivity contribution in [2.75, 3.05) is 0 Å². The summed E-state index contributed by atoms with van der Waals surface area (Å²) in [5, 5.41) is 16.5. The molecule has 5 aromatic rings. The third-order valence-electron chi connectivity index (χ3n) is 6.16. The van der Waals surface area contributed by atoms with Gasteiger partial charge in [-0.1, -0.05) is 115 Å². The van der Waals surface area contributed by atoms with Crippen molar-refractivity contribution < 1.29 is 47.9 Å². The number of aliphatic hydroxyl groups excluding tert-OH is 1. The molecule has 0 aliphatic heterocycles. The van der Waals surface area contributed by atoms with Gasteiger partial charge in [-0.3, -0.25) is 19.2 Å². The van der Waals surface area contributed by atoms with Gasteiger partial charge in [0.05, 0.1) is 17.7 Å². The average Bonchev–Trinajstić information content (AvgIpc) is 3.18. The molecule has 2 N–H and O–H groups in total. The van der Waals surface area contributed by atoms with Crippen molar-refractivity contribution in [2.24, 2.45) is 0 Å². The highest BCUT2D eigenvalue weighted by molar-refractivity contribution is 8.26. The number of esters is 1. The number of carboxylic acids is 1. The molecular weight excluding hydrogens is 755 g/mol. The van der Waals surface area contributed by atoms with Crippen LogP contribution in [0.15, 0.2) is 133 Å². The van der Waals surface area contributed by atoms with E-state index < -0.39 is 26.4 Å². The fourth-order valence-corrected chi connectivity index (χ4v) is 3.92. The average molecular weight is 786 g/mol. The van der Waals surface area contributed by atoms with Crippen LogP contribution in [0, 0.1) is 0 Å². The van der Waals surface area contributed by atoms with Crippen molar-refractivity contribution in [3.8, 4) is 0 Å². The highest BCUT2D eigenvalue weighted by Crippen LogP contribution is 2.11. The number of aromatic carboxylic acids is 1. The van der Waals surface area contributed by atoms with Crippen molar-refractivity contribution in [1.29, 1.82) is 0 Å². The molecule has 0 amide bonds. The molecular formula is C38H31Cl3O10S. The van der Waals surface area contributed by atoms with E-state index in [4.69, 9.17) is 30.8 Å². The van der Waals surface area contributed by atoms with Crippen LogP contribution in [0.1, 0.15) is 73.3 Å². The zero-order valence-electron chi connectivity index (χ0n) is 27.1. The van der Waals surface area contributed by atoms with Gasteiger partial charge in [0, 0.05) is 43.6 Å². The lowest BCUT2D eigenvalue weighted by atomic mass is 10.1. The van der Waals surface area contributed by atoms with Crippen LogP contribution < -0.4 is 0 Å². The van der Waals surface area contributed by atoms with Crippen molar-refractivity contribution in [1.82, 2.24) is 0 Å². The van der Waals surface area contributed by atoms with E-state index >= 15 is 0 Å². The maximum atomic E-state index is 11.8. The third kappa shape index (κ3) is 18.1. The van der Waals surface area contributed by atoms with Gasteiger partial charge in [0.1, 0.15) is 6.61 Å². The summed E-state index contributed by atoms with van der Waals surface area (Å²) < 4.78 is 14.2. The summed E-state index contributed by atoms with van der Waals surface area (Å²) in [4.78, 5) is 64.3. The van der Waals surface area contributed by atoms with Crippen molar-refractivity contribution in [3.63, 3.8) is 0 Å². The monoisotopic (exact) mass is 784 g/mol. The topological polar surface area (TPSA) is 169 Å². The first-order valence-electron chi connectivity index (χ1n) is 14.6. The Morgan fingerprint density at radius 2 is 0.923 bits per heavy atom. The van der Waals surface area contributed by atoms with Gasteiger partial charge in [-0.25, -0.2) is 13.8 Å². The van der Waals surface area contributed by atoms with E-state index in [0.717, 1.165) is 11.1 Å². The molecule has 52 heavy (non-hydrogen) atoms. The van der Waals surface area contributed by atoms with Crippen LogP contribution in [0.5, 0.6) is 0 Å². The number of carbonyl (C=O) groups is 6. The smallest absolute Gasteiger partial charge is 0.339 e. The summed E-state index contributed by atoms with van der Waals surface area (Å²) in [6, 6.07) is 38.0. The minimum atomic E-state index is -1.67. The summed E-state index contributed by atoms with van der Waals surface area (Å²) >= 11 is 5.19. The maximum absolute atomic E-state index is 11.8. The van der Waals surface area contributed by atoms with E-state index in [1.165, 1.54) is 18.2 Å². The van der Waals surface area contributed by atoms with Crippen LogP contribution in [-0.4, -0.2) is 50.5 Å². The predicted molar refractivity (Wildman–Crippen MR) is 200 cm³/mol. The van der Waals surface area contributed by atoms with E-state index in [1.54, 1.807) is 54.6 Å². The van der Waals surface area contributed by atoms with Crippen molar-refractivity contribution in [3.05, 3.63) is 178 Å². The van der Waals surface area contributed by atoms with Crippen molar-refractivity contribution >= 4 is 78.2 Å². The minimum Gasteiger partial charge on any atom is -0.478 e. The number of halogens is 3. The van der Waals surface area contributed by atoms with Crippen LogP contribution in [-0.2, 0) is 27.2 Å². The van der Waals surface area contributed by atoms with E-state index in [2.05, 4.69) is 21.4 Å². The Kier molecular flexibility index (Phi) is 22.8. The predicted octanol–water partition coefficient (Wildman–Crippen LogP) is 8.15.